The molecule has 1 nitrogen and oxygen atoms in total. The van der Waals surface area contributed by atoms with Crippen molar-refractivity contribution in [2.45, 2.75) is 44.9 Å². The molecule has 11 heavy (non-hydrogen) atoms. The quantitative estimate of drug-likeness (QED) is 0.564. The van der Waals surface area contributed by atoms with Crippen molar-refractivity contribution in [3.8, 4) is 0 Å². The van der Waals surface area contributed by atoms with Crippen molar-refractivity contribution in [3.05, 3.63) is 12.3 Å². The number of hydrogen-bond acceptors (Lipinski definition) is 1. The summed E-state index contributed by atoms with van der Waals surface area (Å²) in [4.78, 5) is 0. The first-order chi connectivity index (χ1) is 5.50. The van der Waals surface area contributed by atoms with Crippen molar-refractivity contribution in [2.24, 2.45) is 0 Å². The number of hydrogen-bond donors (Lipinski definition) is 1. The van der Waals surface area contributed by atoms with E-state index in [9.17, 15) is 0 Å². The van der Waals surface area contributed by atoms with Crippen molar-refractivity contribution in [2.75, 3.05) is 6.54 Å². The number of nitrogens with one attached hydrogen (secondary N) is 1. The molecular formula is C10H19N. The van der Waals surface area contributed by atoms with E-state index in [-0.39, 0.29) is 0 Å². The van der Waals surface area contributed by atoms with Gasteiger partial charge in [0.05, 0.1) is 0 Å². The molecule has 1 aliphatic heterocycles. The molecule has 0 atom stereocenters. The molecule has 1 heterocycles. The molecule has 1 heteroatoms. The molecule has 64 valence electrons. The summed E-state index contributed by atoms with van der Waals surface area (Å²) in [7, 11) is 0. The molecule has 0 fully saturated rings. The minimum atomic E-state index is 1.16. The monoisotopic (exact) mass is 153 g/mol. The van der Waals surface area contributed by atoms with Crippen molar-refractivity contribution in [3.63, 3.8) is 0 Å². The maximum absolute atomic E-state index is 3.30. The summed E-state index contributed by atoms with van der Waals surface area (Å²) >= 11 is 0. The van der Waals surface area contributed by atoms with Crippen LogP contribution in [0.1, 0.15) is 44.9 Å². The lowest BCUT2D eigenvalue weighted by molar-refractivity contribution is 0.595. The molecule has 0 aliphatic carbocycles. The van der Waals surface area contributed by atoms with Crippen LogP contribution >= 0.6 is 0 Å². The Labute approximate surface area is 69.9 Å². The zero-order valence-corrected chi connectivity index (χ0v) is 7.31. The highest BCUT2D eigenvalue weighted by atomic mass is 14.8. The second-order valence-corrected chi connectivity index (χ2v) is 3.27. The maximum Gasteiger partial charge on any atom is 0.0141 e. The van der Waals surface area contributed by atoms with Crippen molar-refractivity contribution in [1.82, 2.24) is 5.32 Å². The Bertz CT molecular complexity index is 95.4. The minimum absolute atomic E-state index is 1.16. The second-order valence-electron chi connectivity index (χ2n) is 3.27. The van der Waals surface area contributed by atoms with E-state index in [1.54, 1.807) is 0 Å². The van der Waals surface area contributed by atoms with Gasteiger partial charge in [-0.25, -0.2) is 0 Å². The lowest BCUT2D eigenvalue weighted by Gasteiger charge is -1.99. The van der Waals surface area contributed by atoms with E-state index < -0.39 is 0 Å². The van der Waals surface area contributed by atoms with Gasteiger partial charge >= 0.3 is 0 Å². The van der Waals surface area contributed by atoms with Crippen LogP contribution in [0.5, 0.6) is 0 Å². The highest BCUT2D eigenvalue weighted by molar-refractivity contribution is 4.79. The van der Waals surface area contributed by atoms with Gasteiger partial charge in [0.15, 0.2) is 0 Å². The van der Waals surface area contributed by atoms with Gasteiger partial charge < -0.3 is 5.32 Å². The third kappa shape index (κ3) is 4.88. The lowest BCUT2D eigenvalue weighted by atomic mass is 10.1. The smallest absolute Gasteiger partial charge is 0.0141 e. The fraction of sp³-hybridized carbons (Fsp3) is 0.800. The second kappa shape index (κ2) is 6.26. The molecule has 0 aromatic carbocycles. The van der Waals surface area contributed by atoms with Crippen molar-refractivity contribution < 1.29 is 0 Å². The molecule has 0 aromatic heterocycles. The molecule has 0 spiro atoms. The van der Waals surface area contributed by atoms with Gasteiger partial charge in [-0.1, -0.05) is 31.8 Å². The van der Waals surface area contributed by atoms with Crippen LogP contribution in [0.4, 0.5) is 0 Å². The summed E-state index contributed by atoms with van der Waals surface area (Å²) in [6.45, 7) is 1.16. The number of rotatable bonds is 0. The van der Waals surface area contributed by atoms with Gasteiger partial charge in [-0.3, -0.25) is 0 Å². The first-order valence-corrected chi connectivity index (χ1v) is 4.88. The Morgan fingerprint density at radius 3 is 2.45 bits per heavy atom. The van der Waals surface area contributed by atoms with Crippen molar-refractivity contribution in [1.29, 1.82) is 0 Å². The summed E-state index contributed by atoms with van der Waals surface area (Å²) in [5.74, 6) is 0. The third-order valence-corrected chi connectivity index (χ3v) is 2.18. The van der Waals surface area contributed by atoms with Crippen LogP contribution < -0.4 is 5.32 Å². The fourth-order valence-electron chi connectivity index (χ4n) is 1.45. The molecule has 1 N–H and O–H groups in total. The summed E-state index contributed by atoms with van der Waals surface area (Å²) in [6.07, 6.45) is 14.0. The molecule has 0 aromatic rings. The standard InChI is InChI=1S/C10H19N/c1-2-4-6-8-10-11-9-7-5-3-1/h7,9,11H,1-6,8,10H2. The molecule has 1 rings (SSSR count). The third-order valence-electron chi connectivity index (χ3n) is 2.18. The van der Waals surface area contributed by atoms with Gasteiger partial charge in [-0.2, -0.15) is 0 Å². The predicted molar refractivity (Wildman–Crippen MR) is 49.5 cm³/mol. The zero-order chi connectivity index (χ0) is 7.78. The zero-order valence-electron chi connectivity index (χ0n) is 7.31. The van der Waals surface area contributed by atoms with E-state index >= 15 is 0 Å². The summed E-state index contributed by atoms with van der Waals surface area (Å²) in [5.41, 5.74) is 0. The van der Waals surface area contributed by atoms with E-state index in [2.05, 4.69) is 17.6 Å². The Balaban J connectivity index is 2.11. The molecule has 0 bridgehead atoms. The van der Waals surface area contributed by atoms with Crippen LogP contribution in [0.25, 0.3) is 0 Å². The Morgan fingerprint density at radius 2 is 1.55 bits per heavy atom. The molecule has 0 amide bonds. The van der Waals surface area contributed by atoms with E-state index in [1.807, 2.05) is 0 Å². The van der Waals surface area contributed by atoms with Gasteiger partial charge in [0.2, 0.25) is 0 Å². The van der Waals surface area contributed by atoms with Crippen LogP contribution in [0, 0.1) is 0 Å². The van der Waals surface area contributed by atoms with Crippen LogP contribution in [-0.2, 0) is 0 Å². The average Bonchev–Trinajstić information content (AvgIpc) is 2.08. The van der Waals surface area contributed by atoms with Crippen LogP contribution in [0.3, 0.4) is 0 Å². The molecule has 0 radical (unpaired) electrons. The molecule has 1 aliphatic rings. The highest BCUT2D eigenvalue weighted by Crippen LogP contribution is 2.07. The molecule has 0 saturated carbocycles. The Hall–Kier alpha value is -0.460. The summed E-state index contributed by atoms with van der Waals surface area (Å²) < 4.78 is 0. The number of allylic oxidation sites excluding steroid dienone is 1. The van der Waals surface area contributed by atoms with Crippen molar-refractivity contribution >= 4 is 0 Å². The van der Waals surface area contributed by atoms with Crippen LogP contribution in [0.15, 0.2) is 12.3 Å². The van der Waals surface area contributed by atoms with Gasteiger partial charge in [0.1, 0.15) is 0 Å². The largest absolute Gasteiger partial charge is 0.391 e. The van der Waals surface area contributed by atoms with E-state index in [4.69, 9.17) is 0 Å². The molecule has 0 unspecified atom stereocenters. The Kier molecular flexibility index (Phi) is 4.92. The Morgan fingerprint density at radius 1 is 0.818 bits per heavy atom. The summed E-state index contributed by atoms with van der Waals surface area (Å²) in [5, 5.41) is 3.30. The normalized spacial score (nSPS) is 21.8. The molecular weight excluding hydrogens is 134 g/mol. The highest BCUT2D eigenvalue weighted by Gasteiger charge is 1.91. The van der Waals surface area contributed by atoms with Crippen LogP contribution in [-0.4, -0.2) is 6.54 Å². The SMILES string of the molecule is C1=CNCCCCCCCC1. The molecule has 0 saturated heterocycles. The van der Waals surface area contributed by atoms with E-state index in [0.717, 1.165) is 6.54 Å². The lowest BCUT2D eigenvalue weighted by Crippen LogP contribution is -2.05. The first-order valence-electron chi connectivity index (χ1n) is 4.88. The first kappa shape index (κ1) is 8.63. The maximum atomic E-state index is 3.30. The van der Waals surface area contributed by atoms with Gasteiger partial charge in [0.25, 0.3) is 0 Å². The van der Waals surface area contributed by atoms with Crippen LogP contribution in [0.2, 0.25) is 0 Å². The topological polar surface area (TPSA) is 12.0 Å². The average molecular weight is 153 g/mol. The minimum Gasteiger partial charge on any atom is -0.391 e. The van der Waals surface area contributed by atoms with E-state index in [1.165, 1.54) is 44.9 Å². The van der Waals surface area contributed by atoms with Gasteiger partial charge in [-0.15, -0.1) is 0 Å². The van der Waals surface area contributed by atoms with Gasteiger partial charge in [0, 0.05) is 6.54 Å². The van der Waals surface area contributed by atoms with E-state index in [0.29, 0.717) is 0 Å². The fourth-order valence-corrected chi connectivity index (χ4v) is 1.45. The predicted octanol–water partition coefficient (Wildman–Crippen LogP) is 2.83. The van der Waals surface area contributed by atoms with Gasteiger partial charge in [-0.05, 0) is 25.5 Å². The summed E-state index contributed by atoms with van der Waals surface area (Å²) in [6, 6.07) is 0.